The molecular formula is C24H30O3. The second kappa shape index (κ2) is 9.07. The summed E-state index contributed by atoms with van der Waals surface area (Å²) in [4.78, 5) is 11.5. The van der Waals surface area contributed by atoms with Crippen molar-refractivity contribution < 1.29 is 15.0 Å². The van der Waals surface area contributed by atoms with E-state index in [-0.39, 0.29) is 11.3 Å². The van der Waals surface area contributed by atoms with Crippen molar-refractivity contribution in [2.75, 3.05) is 0 Å². The summed E-state index contributed by atoms with van der Waals surface area (Å²) in [6.45, 7) is 2.26. The SMILES string of the molecule is CCCCCC1CCC(c2ccc(-c3cc(O)ccc3C(=O)O)cc2)CC1. The number of phenolic OH excluding ortho intramolecular Hbond substituents is 1. The number of rotatable bonds is 7. The molecule has 3 nitrogen and oxygen atoms in total. The lowest BCUT2D eigenvalue weighted by atomic mass is 9.77. The van der Waals surface area contributed by atoms with Gasteiger partial charge in [0, 0.05) is 0 Å². The first-order valence-corrected chi connectivity index (χ1v) is 10.2. The van der Waals surface area contributed by atoms with Gasteiger partial charge in [-0.05, 0) is 72.4 Å². The highest BCUT2D eigenvalue weighted by Gasteiger charge is 2.22. The first-order valence-electron chi connectivity index (χ1n) is 10.2. The Labute approximate surface area is 162 Å². The summed E-state index contributed by atoms with van der Waals surface area (Å²) in [5.74, 6) is 0.623. The van der Waals surface area contributed by atoms with E-state index in [1.54, 1.807) is 0 Å². The molecule has 144 valence electrons. The van der Waals surface area contributed by atoms with E-state index in [9.17, 15) is 15.0 Å². The Morgan fingerprint density at radius 1 is 1.00 bits per heavy atom. The molecule has 27 heavy (non-hydrogen) atoms. The van der Waals surface area contributed by atoms with Crippen molar-refractivity contribution in [2.24, 2.45) is 5.92 Å². The molecule has 1 aliphatic carbocycles. The van der Waals surface area contributed by atoms with E-state index < -0.39 is 5.97 Å². The molecular weight excluding hydrogens is 336 g/mol. The Hall–Kier alpha value is -2.29. The lowest BCUT2D eigenvalue weighted by Crippen LogP contribution is -2.13. The molecule has 0 saturated heterocycles. The minimum atomic E-state index is -0.976. The summed E-state index contributed by atoms with van der Waals surface area (Å²) in [5.41, 5.74) is 2.96. The molecule has 1 saturated carbocycles. The van der Waals surface area contributed by atoms with Gasteiger partial charge in [0.2, 0.25) is 0 Å². The van der Waals surface area contributed by atoms with Gasteiger partial charge < -0.3 is 10.2 Å². The lowest BCUT2D eigenvalue weighted by molar-refractivity contribution is 0.0697. The van der Waals surface area contributed by atoms with E-state index in [1.807, 2.05) is 12.1 Å². The summed E-state index contributed by atoms with van der Waals surface area (Å²) in [6, 6.07) is 12.6. The minimum Gasteiger partial charge on any atom is -0.508 e. The van der Waals surface area contributed by atoms with Gasteiger partial charge in [-0.25, -0.2) is 4.79 Å². The number of aromatic hydroxyl groups is 1. The molecule has 0 heterocycles. The monoisotopic (exact) mass is 366 g/mol. The third kappa shape index (κ3) is 4.91. The molecule has 0 spiro atoms. The highest BCUT2D eigenvalue weighted by molar-refractivity contribution is 5.96. The van der Waals surface area contributed by atoms with E-state index >= 15 is 0 Å². The van der Waals surface area contributed by atoms with Crippen LogP contribution >= 0.6 is 0 Å². The fraction of sp³-hybridized carbons (Fsp3) is 0.458. The smallest absolute Gasteiger partial charge is 0.336 e. The topological polar surface area (TPSA) is 57.5 Å². The third-order valence-electron chi connectivity index (χ3n) is 5.99. The first kappa shape index (κ1) is 19.5. The summed E-state index contributed by atoms with van der Waals surface area (Å²) in [5, 5.41) is 19.1. The van der Waals surface area contributed by atoms with E-state index in [2.05, 4.69) is 19.1 Å². The first-order chi connectivity index (χ1) is 13.1. The quantitative estimate of drug-likeness (QED) is 0.542. The molecule has 0 unspecified atom stereocenters. The largest absolute Gasteiger partial charge is 0.508 e. The highest BCUT2D eigenvalue weighted by Crippen LogP contribution is 2.38. The van der Waals surface area contributed by atoms with Gasteiger partial charge in [0.25, 0.3) is 0 Å². The van der Waals surface area contributed by atoms with Crippen molar-refractivity contribution in [1.29, 1.82) is 0 Å². The molecule has 3 rings (SSSR count). The average molecular weight is 367 g/mol. The number of carboxylic acid groups (broad SMARTS) is 1. The van der Waals surface area contributed by atoms with E-state index in [4.69, 9.17) is 0 Å². The van der Waals surface area contributed by atoms with Crippen LogP contribution in [0.2, 0.25) is 0 Å². The maximum atomic E-state index is 11.5. The fourth-order valence-corrected chi connectivity index (χ4v) is 4.36. The number of carbonyl (C=O) groups is 1. The minimum absolute atomic E-state index is 0.0838. The molecule has 3 heteroatoms. The van der Waals surface area contributed by atoms with Crippen LogP contribution in [-0.2, 0) is 0 Å². The molecule has 0 aliphatic heterocycles. The van der Waals surface area contributed by atoms with Crippen LogP contribution in [0.25, 0.3) is 11.1 Å². The molecule has 0 aromatic heterocycles. The van der Waals surface area contributed by atoms with Gasteiger partial charge in [0.05, 0.1) is 5.56 Å². The molecule has 1 fully saturated rings. The summed E-state index contributed by atoms with van der Waals surface area (Å²) in [7, 11) is 0. The van der Waals surface area contributed by atoms with Gasteiger partial charge in [0.1, 0.15) is 5.75 Å². The number of phenols is 1. The lowest BCUT2D eigenvalue weighted by Gasteiger charge is -2.29. The van der Waals surface area contributed by atoms with Crippen LogP contribution in [0.3, 0.4) is 0 Å². The zero-order chi connectivity index (χ0) is 19.2. The van der Waals surface area contributed by atoms with Gasteiger partial charge in [-0.1, -0.05) is 56.9 Å². The number of hydrogen-bond donors (Lipinski definition) is 2. The van der Waals surface area contributed by atoms with E-state index in [1.165, 1.54) is 75.1 Å². The zero-order valence-corrected chi connectivity index (χ0v) is 16.2. The zero-order valence-electron chi connectivity index (χ0n) is 16.2. The molecule has 2 aromatic rings. The number of aromatic carboxylic acids is 1. The summed E-state index contributed by atoms with van der Waals surface area (Å²) in [6.07, 6.45) is 10.6. The van der Waals surface area contributed by atoms with Crippen LogP contribution in [0.5, 0.6) is 5.75 Å². The highest BCUT2D eigenvalue weighted by atomic mass is 16.4. The van der Waals surface area contributed by atoms with E-state index in [0.717, 1.165) is 11.5 Å². The maximum absolute atomic E-state index is 11.5. The standard InChI is InChI=1S/C24H30O3/c1-2-3-4-5-17-6-8-18(9-7-17)19-10-12-20(13-11-19)23-16-21(25)14-15-22(23)24(26)27/h10-18,25H,2-9H2,1H3,(H,26,27). The van der Waals surface area contributed by atoms with Crippen LogP contribution in [0.4, 0.5) is 0 Å². The van der Waals surface area contributed by atoms with Crippen LogP contribution in [0.15, 0.2) is 42.5 Å². The van der Waals surface area contributed by atoms with Crippen molar-refractivity contribution in [3.8, 4) is 16.9 Å². The Morgan fingerprint density at radius 2 is 1.70 bits per heavy atom. The van der Waals surface area contributed by atoms with Crippen molar-refractivity contribution in [3.63, 3.8) is 0 Å². The molecule has 1 aliphatic rings. The van der Waals surface area contributed by atoms with Crippen molar-refractivity contribution >= 4 is 5.97 Å². The average Bonchev–Trinajstić information content (AvgIpc) is 2.68. The van der Waals surface area contributed by atoms with Gasteiger partial charge in [-0.2, -0.15) is 0 Å². The Morgan fingerprint density at radius 3 is 2.33 bits per heavy atom. The number of benzene rings is 2. The summed E-state index contributed by atoms with van der Waals surface area (Å²) >= 11 is 0. The van der Waals surface area contributed by atoms with E-state index in [0.29, 0.717) is 11.5 Å². The molecule has 2 aromatic carbocycles. The van der Waals surface area contributed by atoms with Gasteiger partial charge in [0.15, 0.2) is 0 Å². The van der Waals surface area contributed by atoms with Gasteiger partial charge >= 0.3 is 5.97 Å². The maximum Gasteiger partial charge on any atom is 0.336 e. The second-order valence-electron chi connectivity index (χ2n) is 7.87. The van der Waals surface area contributed by atoms with Crippen LogP contribution < -0.4 is 0 Å². The Balaban J connectivity index is 1.67. The normalized spacial score (nSPS) is 19.7. The van der Waals surface area contributed by atoms with Crippen LogP contribution in [0, 0.1) is 5.92 Å². The molecule has 0 amide bonds. The Bertz CT molecular complexity index is 756. The fourth-order valence-electron chi connectivity index (χ4n) is 4.36. The van der Waals surface area contributed by atoms with Crippen molar-refractivity contribution in [3.05, 3.63) is 53.6 Å². The predicted molar refractivity (Wildman–Crippen MR) is 109 cm³/mol. The number of unbranched alkanes of at least 4 members (excludes halogenated alkanes) is 2. The van der Waals surface area contributed by atoms with Crippen molar-refractivity contribution in [2.45, 2.75) is 64.2 Å². The predicted octanol–water partition coefficient (Wildman–Crippen LogP) is 6.61. The second-order valence-corrected chi connectivity index (χ2v) is 7.87. The molecule has 0 radical (unpaired) electrons. The molecule has 0 atom stereocenters. The summed E-state index contributed by atoms with van der Waals surface area (Å²) < 4.78 is 0. The van der Waals surface area contributed by atoms with Crippen molar-refractivity contribution in [1.82, 2.24) is 0 Å². The third-order valence-corrected chi connectivity index (χ3v) is 5.99. The van der Waals surface area contributed by atoms with Gasteiger partial charge in [-0.3, -0.25) is 0 Å². The molecule has 0 bridgehead atoms. The van der Waals surface area contributed by atoms with Crippen LogP contribution in [-0.4, -0.2) is 16.2 Å². The molecule has 2 N–H and O–H groups in total. The van der Waals surface area contributed by atoms with Crippen LogP contribution in [0.1, 0.15) is 80.1 Å². The number of carboxylic acids is 1. The Kier molecular flexibility index (Phi) is 6.54. The number of hydrogen-bond acceptors (Lipinski definition) is 2. The van der Waals surface area contributed by atoms with Gasteiger partial charge in [-0.15, -0.1) is 0 Å².